The first-order valence-electron chi connectivity index (χ1n) is 4.95. The number of aryl methyl sites for hydroxylation is 2. The highest BCUT2D eigenvalue weighted by Gasteiger charge is 2.20. The fraction of sp³-hybridized carbons (Fsp3) is 0.333. The lowest BCUT2D eigenvalue weighted by molar-refractivity contribution is -0.137. The Kier molecular flexibility index (Phi) is 4.07. The third-order valence-electron chi connectivity index (χ3n) is 2.29. The molecule has 0 spiro atoms. The van der Waals surface area contributed by atoms with Crippen molar-refractivity contribution in [3.05, 3.63) is 33.8 Å². The molecule has 0 bridgehead atoms. The van der Waals surface area contributed by atoms with E-state index in [1.165, 1.54) is 0 Å². The zero-order valence-corrected chi connectivity index (χ0v) is 10.2. The monoisotopic (exact) mass is 240 g/mol. The molecule has 4 heteroatoms. The Balaban J connectivity index is 3.09. The van der Waals surface area contributed by atoms with Crippen molar-refractivity contribution in [2.75, 3.05) is 6.61 Å². The first-order chi connectivity index (χ1) is 7.47. The summed E-state index contributed by atoms with van der Waals surface area (Å²) in [4.78, 5) is 22.9. The summed E-state index contributed by atoms with van der Waals surface area (Å²) < 4.78 is 4.64. The van der Waals surface area contributed by atoms with E-state index in [0.29, 0.717) is 0 Å². The van der Waals surface area contributed by atoms with Gasteiger partial charge in [0.2, 0.25) is 0 Å². The van der Waals surface area contributed by atoms with E-state index >= 15 is 0 Å². The third kappa shape index (κ3) is 2.61. The summed E-state index contributed by atoms with van der Waals surface area (Å²) in [6, 6.07) is 3.28. The Morgan fingerprint density at radius 1 is 1.25 bits per heavy atom. The molecule has 0 amide bonds. The minimum absolute atomic E-state index is 0.174. The number of halogens is 1. The molecule has 0 saturated carbocycles. The van der Waals surface area contributed by atoms with Crippen LogP contribution in [0.15, 0.2) is 12.1 Å². The molecular formula is C12H13ClO3. The number of carbonyl (C=O) groups is 2. The lowest BCUT2D eigenvalue weighted by Crippen LogP contribution is -2.18. The molecule has 16 heavy (non-hydrogen) atoms. The zero-order chi connectivity index (χ0) is 12.3. The van der Waals surface area contributed by atoms with Crippen LogP contribution in [-0.2, 0) is 9.53 Å². The van der Waals surface area contributed by atoms with Gasteiger partial charge in [0, 0.05) is 5.56 Å². The van der Waals surface area contributed by atoms with Gasteiger partial charge in [-0.15, -0.1) is 0 Å². The number of esters is 1. The van der Waals surface area contributed by atoms with Gasteiger partial charge in [0.25, 0.3) is 5.78 Å². The van der Waals surface area contributed by atoms with Crippen molar-refractivity contribution >= 4 is 23.4 Å². The minimum atomic E-state index is -0.868. The summed E-state index contributed by atoms with van der Waals surface area (Å²) in [7, 11) is 0. The number of hydrogen-bond acceptors (Lipinski definition) is 3. The Bertz CT molecular complexity index is 438. The van der Waals surface area contributed by atoms with Gasteiger partial charge in [0.05, 0.1) is 11.6 Å². The standard InChI is InChI=1S/C12H13ClO3/c1-4-16-12(15)11(14)9-5-7(2)8(3)6-10(9)13/h5-6H,4H2,1-3H3. The van der Waals surface area contributed by atoms with Crippen LogP contribution in [0, 0.1) is 13.8 Å². The van der Waals surface area contributed by atoms with Gasteiger partial charge in [-0.3, -0.25) is 4.79 Å². The predicted molar refractivity (Wildman–Crippen MR) is 61.9 cm³/mol. The van der Waals surface area contributed by atoms with E-state index in [2.05, 4.69) is 4.74 Å². The number of rotatable bonds is 3. The lowest BCUT2D eigenvalue weighted by atomic mass is 10.0. The van der Waals surface area contributed by atoms with Crippen molar-refractivity contribution in [1.29, 1.82) is 0 Å². The molecule has 0 unspecified atom stereocenters. The highest BCUT2D eigenvalue weighted by molar-refractivity contribution is 6.45. The minimum Gasteiger partial charge on any atom is -0.460 e. The molecule has 1 aromatic rings. The van der Waals surface area contributed by atoms with Gasteiger partial charge < -0.3 is 4.74 Å². The first kappa shape index (κ1) is 12.7. The van der Waals surface area contributed by atoms with E-state index < -0.39 is 11.8 Å². The highest BCUT2D eigenvalue weighted by Crippen LogP contribution is 2.21. The molecule has 86 valence electrons. The maximum absolute atomic E-state index is 11.7. The normalized spacial score (nSPS) is 10.0. The molecule has 0 aliphatic heterocycles. The number of carbonyl (C=O) groups excluding carboxylic acids is 2. The van der Waals surface area contributed by atoms with E-state index in [1.54, 1.807) is 19.1 Å². The van der Waals surface area contributed by atoms with Crippen LogP contribution in [0.25, 0.3) is 0 Å². The fourth-order valence-electron chi connectivity index (χ4n) is 1.26. The first-order valence-corrected chi connectivity index (χ1v) is 5.33. The Hall–Kier alpha value is -1.35. The molecule has 0 aromatic heterocycles. The van der Waals surface area contributed by atoms with Crippen molar-refractivity contribution in [2.24, 2.45) is 0 Å². The second kappa shape index (κ2) is 5.12. The van der Waals surface area contributed by atoms with Crippen LogP contribution in [0.1, 0.15) is 28.4 Å². The van der Waals surface area contributed by atoms with Crippen LogP contribution in [0.3, 0.4) is 0 Å². The fourth-order valence-corrected chi connectivity index (χ4v) is 1.57. The van der Waals surface area contributed by atoms with Gasteiger partial charge in [0.15, 0.2) is 0 Å². The number of Topliss-reactive ketones (excluding diaryl/α,β-unsaturated/α-hetero) is 1. The van der Waals surface area contributed by atoms with Crippen LogP contribution < -0.4 is 0 Å². The summed E-state index contributed by atoms with van der Waals surface area (Å²) >= 11 is 5.91. The average Bonchev–Trinajstić information content (AvgIpc) is 2.23. The quantitative estimate of drug-likeness (QED) is 0.464. The van der Waals surface area contributed by atoms with Gasteiger partial charge in [-0.1, -0.05) is 11.6 Å². The number of ether oxygens (including phenoxy) is 1. The molecule has 1 rings (SSSR count). The van der Waals surface area contributed by atoms with Gasteiger partial charge in [-0.2, -0.15) is 0 Å². The van der Waals surface area contributed by atoms with Crippen molar-refractivity contribution in [3.63, 3.8) is 0 Å². The van der Waals surface area contributed by atoms with Crippen LogP contribution >= 0.6 is 11.6 Å². The summed E-state index contributed by atoms with van der Waals surface area (Å²) in [5.41, 5.74) is 2.09. The van der Waals surface area contributed by atoms with Crippen LogP contribution in [0.2, 0.25) is 5.02 Å². The second-order valence-electron chi connectivity index (χ2n) is 3.47. The molecule has 0 atom stereocenters. The molecular weight excluding hydrogens is 228 g/mol. The lowest BCUT2D eigenvalue weighted by Gasteiger charge is -2.06. The smallest absolute Gasteiger partial charge is 0.379 e. The summed E-state index contributed by atoms with van der Waals surface area (Å²) in [5, 5.41) is 0.279. The maximum atomic E-state index is 11.7. The molecule has 3 nitrogen and oxygen atoms in total. The zero-order valence-electron chi connectivity index (χ0n) is 9.46. The Labute approximate surface area is 99.4 Å². The maximum Gasteiger partial charge on any atom is 0.379 e. The largest absolute Gasteiger partial charge is 0.460 e. The number of benzene rings is 1. The van der Waals surface area contributed by atoms with E-state index in [0.717, 1.165) is 11.1 Å². The van der Waals surface area contributed by atoms with Crippen LogP contribution in [0.4, 0.5) is 0 Å². The topological polar surface area (TPSA) is 43.4 Å². The molecule has 1 aromatic carbocycles. The van der Waals surface area contributed by atoms with Crippen molar-refractivity contribution < 1.29 is 14.3 Å². The van der Waals surface area contributed by atoms with Crippen LogP contribution in [-0.4, -0.2) is 18.4 Å². The molecule has 0 heterocycles. The molecule has 0 aliphatic rings. The van der Waals surface area contributed by atoms with Gasteiger partial charge in [-0.05, 0) is 44.0 Å². The SMILES string of the molecule is CCOC(=O)C(=O)c1cc(C)c(C)cc1Cl. The van der Waals surface area contributed by atoms with Gasteiger partial charge in [-0.25, -0.2) is 4.79 Å². The highest BCUT2D eigenvalue weighted by atomic mass is 35.5. The Morgan fingerprint density at radius 3 is 2.38 bits per heavy atom. The average molecular weight is 241 g/mol. The van der Waals surface area contributed by atoms with E-state index in [9.17, 15) is 9.59 Å². The second-order valence-corrected chi connectivity index (χ2v) is 3.87. The van der Waals surface area contributed by atoms with E-state index in [-0.39, 0.29) is 17.2 Å². The summed E-state index contributed by atoms with van der Waals surface area (Å²) in [5.74, 6) is -1.57. The molecule has 0 N–H and O–H groups in total. The van der Waals surface area contributed by atoms with Crippen LogP contribution in [0.5, 0.6) is 0 Å². The van der Waals surface area contributed by atoms with Crippen molar-refractivity contribution in [1.82, 2.24) is 0 Å². The molecule has 0 aliphatic carbocycles. The third-order valence-corrected chi connectivity index (χ3v) is 2.60. The summed E-state index contributed by atoms with van der Waals surface area (Å²) in [6.07, 6.45) is 0. The summed E-state index contributed by atoms with van der Waals surface area (Å²) in [6.45, 7) is 5.56. The van der Waals surface area contributed by atoms with Gasteiger partial charge >= 0.3 is 5.97 Å². The number of hydrogen-bond donors (Lipinski definition) is 0. The van der Waals surface area contributed by atoms with E-state index in [4.69, 9.17) is 11.6 Å². The Morgan fingerprint density at radius 2 is 1.81 bits per heavy atom. The van der Waals surface area contributed by atoms with E-state index in [1.807, 2.05) is 13.8 Å². The number of ketones is 1. The molecule has 0 fully saturated rings. The van der Waals surface area contributed by atoms with Crippen molar-refractivity contribution in [2.45, 2.75) is 20.8 Å². The van der Waals surface area contributed by atoms with Crippen molar-refractivity contribution in [3.8, 4) is 0 Å². The predicted octanol–water partition coefficient (Wildman–Crippen LogP) is 2.70. The van der Waals surface area contributed by atoms with Gasteiger partial charge in [0.1, 0.15) is 0 Å². The molecule has 0 saturated heterocycles. The molecule has 0 radical (unpaired) electrons.